The van der Waals surface area contributed by atoms with Crippen molar-refractivity contribution in [2.24, 2.45) is 5.92 Å². The van der Waals surface area contributed by atoms with Crippen LogP contribution in [-0.4, -0.2) is 50.6 Å². The molecular weight excluding hydrogens is 470 g/mol. The van der Waals surface area contributed by atoms with Gasteiger partial charge < -0.3 is 24.1 Å². The van der Waals surface area contributed by atoms with Crippen LogP contribution in [0.15, 0.2) is 30.9 Å². The Kier molecular flexibility index (Phi) is 6.63. The number of hydrogen-bond acceptors (Lipinski definition) is 8. The highest BCUT2D eigenvalue weighted by atomic mass is 35.5. The summed E-state index contributed by atoms with van der Waals surface area (Å²) in [6.45, 7) is 0.839. The van der Waals surface area contributed by atoms with E-state index in [4.69, 9.17) is 25.8 Å². The molecule has 1 saturated carbocycles. The third-order valence-corrected chi connectivity index (χ3v) is 6.57. The minimum Gasteiger partial charge on any atom is -0.493 e. The largest absolute Gasteiger partial charge is 0.493 e. The lowest BCUT2D eigenvalue weighted by Gasteiger charge is -2.21. The van der Waals surface area contributed by atoms with Gasteiger partial charge in [0, 0.05) is 18.7 Å². The first-order valence-corrected chi connectivity index (χ1v) is 12.0. The summed E-state index contributed by atoms with van der Waals surface area (Å²) in [5, 5.41) is 8.82. The number of ether oxygens (including phenoxy) is 3. The molecule has 0 bridgehead atoms. The van der Waals surface area contributed by atoms with Crippen LogP contribution in [0.25, 0.3) is 16.7 Å². The van der Waals surface area contributed by atoms with Crippen molar-refractivity contribution in [1.29, 1.82) is 0 Å². The van der Waals surface area contributed by atoms with E-state index in [0.717, 1.165) is 23.3 Å². The molecule has 35 heavy (non-hydrogen) atoms. The van der Waals surface area contributed by atoms with Crippen LogP contribution in [0.3, 0.4) is 0 Å². The van der Waals surface area contributed by atoms with Gasteiger partial charge in [-0.15, -0.1) is 0 Å². The lowest BCUT2D eigenvalue weighted by Crippen LogP contribution is -2.15. The minimum absolute atomic E-state index is 0.162. The summed E-state index contributed by atoms with van der Waals surface area (Å²) >= 11 is 6.29. The van der Waals surface area contributed by atoms with E-state index in [-0.39, 0.29) is 5.28 Å². The summed E-state index contributed by atoms with van der Waals surface area (Å²) in [6, 6.07) is 3.70. The number of aromatic nitrogens is 6. The van der Waals surface area contributed by atoms with Gasteiger partial charge >= 0.3 is 0 Å². The standard InChI is InChI=1S/C24H28ClN7O3/c1-33-18-9-16(10-19(34-2)21(18)35-3)31-13-20(26-14-31)28-22-17-11-27-32(23(17)30-24(25)29-22)12-15-7-5-4-6-8-15/h9-11,13-15H,4-8,12H2,1-3H3,(H,28,29,30). The number of hydrogen-bond donors (Lipinski definition) is 1. The molecule has 184 valence electrons. The predicted molar refractivity (Wildman–Crippen MR) is 133 cm³/mol. The number of anilines is 2. The van der Waals surface area contributed by atoms with E-state index in [1.54, 1.807) is 33.9 Å². The SMILES string of the molecule is COc1cc(-n2cnc(Nc3nc(Cl)nc4c3cnn4CC3CCCCC3)c2)cc(OC)c1OC. The van der Waals surface area contributed by atoms with Crippen LogP contribution in [0, 0.1) is 5.92 Å². The molecule has 1 aromatic carbocycles. The molecule has 1 aliphatic carbocycles. The van der Waals surface area contributed by atoms with Gasteiger partial charge in [-0.3, -0.25) is 0 Å². The smallest absolute Gasteiger partial charge is 0.226 e. The molecule has 3 heterocycles. The van der Waals surface area contributed by atoms with E-state index < -0.39 is 0 Å². The summed E-state index contributed by atoms with van der Waals surface area (Å²) in [5.74, 6) is 3.41. The monoisotopic (exact) mass is 497 g/mol. The zero-order valence-electron chi connectivity index (χ0n) is 20.0. The van der Waals surface area contributed by atoms with Crippen LogP contribution in [0.2, 0.25) is 5.28 Å². The average molecular weight is 498 g/mol. The second-order valence-corrected chi connectivity index (χ2v) is 8.92. The minimum atomic E-state index is 0.162. The number of halogens is 1. The molecule has 11 heteroatoms. The molecule has 1 fully saturated rings. The summed E-state index contributed by atoms with van der Waals surface area (Å²) in [7, 11) is 4.74. The quantitative estimate of drug-likeness (QED) is 0.339. The molecule has 0 aliphatic heterocycles. The van der Waals surface area contributed by atoms with Crippen LogP contribution >= 0.6 is 11.6 Å². The highest BCUT2D eigenvalue weighted by molar-refractivity contribution is 6.28. The van der Waals surface area contributed by atoms with Gasteiger partial charge in [0.25, 0.3) is 0 Å². The van der Waals surface area contributed by atoms with E-state index in [2.05, 4.69) is 25.4 Å². The number of nitrogens with zero attached hydrogens (tertiary/aromatic N) is 6. The Hall–Kier alpha value is -3.53. The fraction of sp³-hybridized carbons (Fsp3) is 0.417. The topological polar surface area (TPSA) is 101 Å². The third kappa shape index (κ3) is 4.70. The van der Waals surface area contributed by atoms with Crippen molar-refractivity contribution in [1.82, 2.24) is 29.3 Å². The van der Waals surface area contributed by atoms with Gasteiger partial charge in [0.15, 0.2) is 17.1 Å². The van der Waals surface area contributed by atoms with Gasteiger partial charge in [-0.25, -0.2) is 9.67 Å². The molecule has 0 atom stereocenters. The van der Waals surface area contributed by atoms with Crippen LogP contribution in [0.5, 0.6) is 17.2 Å². The molecule has 0 amide bonds. The number of imidazole rings is 1. The Bertz CT molecular complexity index is 1310. The van der Waals surface area contributed by atoms with Crippen molar-refractivity contribution >= 4 is 34.3 Å². The maximum atomic E-state index is 6.29. The highest BCUT2D eigenvalue weighted by Gasteiger charge is 2.19. The lowest BCUT2D eigenvalue weighted by molar-refractivity contribution is 0.311. The highest BCUT2D eigenvalue weighted by Crippen LogP contribution is 2.39. The Morgan fingerprint density at radius 1 is 1.03 bits per heavy atom. The molecule has 0 radical (unpaired) electrons. The number of benzene rings is 1. The van der Waals surface area contributed by atoms with Gasteiger partial charge in [-0.05, 0) is 30.4 Å². The lowest BCUT2D eigenvalue weighted by atomic mass is 9.89. The van der Waals surface area contributed by atoms with E-state index in [0.29, 0.717) is 34.8 Å². The second-order valence-electron chi connectivity index (χ2n) is 8.58. The first-order valence-electron chi connectivity index (χ1n) is 11.6. The van der Waals surface area contributed by atoms with Crippen LogP contribution in [0.4, 0.5) is 11.6 Å². The third-order valence-electron chi connectivity index (χ3n) is 6.40. The van der Waals surface area contributed by atoms with Gasteiger partial charge in [-0.2, -0.15) is 15.1 Å². The van der Waals surface area contributed by atoms with Crippen molar-refractivity contribution in [3.05, 3.63) is 36.1 Å². The zero-order valence-corrected chi connectivity index (χ0v) is 20.7. The van der Waals surface area contributed by atoms with Crippen molar-refractivity contribution in [3.63, 3.8) is 0 Å². The van der Waals surface area contributed by atoms with Crippen molar-refractivity contribution in [3.8, 4) is 22.9 Å². The number of nitrogens with one attached hydrogen (secondary N) is 1. The van der Waals surface area contributed by atoms with Crippen LogP contribution in [0.1, 0.15) is 32.1 Å². The summed E-state index contributed by atoms with van der Waals surface area (Å²) in [6.07, 6.45) is 11.6. The van der Waals surface area contributed by atoms with Crippen molar-refractivity contribution in [2.45, 2.75) is 38.6 Å². The van der Waals surface area contributed by atoms with Crippen LogP contribution < -0.4 is 19.5 Å². The van der Waals surface area contributed by atoms with Gasteiger partial charge in [0.2, 0.25) is 11.0 Å². The fourth-order valence-corrected chi connectivity index (χ4v) is 4.80. The Labute approximate surface area is 208 Å². The predicted octanol–water partition coefficient (Wildman–Crippen LogP) is 5.02. The number of fused-ring (bicyclic) bond motifs is 1. The second kappa shape index (κ2) is 9.99. The van der Waals surface area contributed by atoms with Crippen LogP contribution in [-0.2, 0) is 6.54 Å². The molecule has 10 nitrogen and oxygen atoms in total. The molecule has 5 rings (SSSR count). The number of rotatable bonds is 8. The van der Waals surface area contributed by atoms with Gasteiger partial charge in [0.1, 0.15) is 18.0 Å². The summed E-state index contributed by atoms with van der Waals surface area (Å²) in [5.41, 5.74) is 1.52. The summed E-state index contributed by atoms with van der Waals surface area (Å²) in [4.78, 5) is 13.3. The molecule has 1 N–H and O–H groups in total. The first kappa shape index (κ1) is 23.2. The van der Waals surface area contributed by atoms with Gasteiger partial charge in [0.05, 0.1) is 44.8 Å². The van der Waals surface area contributed by atoms with E-state index in [1.165, 1.54) is 32.1 Å². The van der Waals surface area contributed by atoms with Crippen molar-refractivity contribution < 1.29 is 14.2 Å². The van der Waals surface area contributed by atoms with E-state index in [1.807, 2.05) is 27.6 Å². The Morgan fingerprint density at radius 2 is 1.77 bits per heavy atom. The maximum Gasteiger partial charge on any atom is 0.226 e. The van der Waals surface area contributed by atoms with Crippen molar-refractivity contribution in [2.75, 3.05) is 26.6 Å². The first-order chi connectivity index (χ1) is 17.1. The molecule has 0 unspecified atom stereocenters. The summed E-state index contributed by atoms with van der Waals surface area (Å²) < 4.78 is 20.1. The normalized spacial score (nSPS) is 14.3. The fourth-order valence-electron chi connectivity index (χ4n) is 4.64. The Balaban J connectivity index is 1.42. The molecule has 0 spiro atoms. The average Bonchev–Trinajstić information content (AvgIpc) is 3.51. The molecule has 0 saturated heterocycles. The zero-order chi connectivity index (χ0) is 24.4. The van der Waals surface area contributed by atoms with E-state index in [9.17, 15) is 0 Å². The molecule has 1 aliphatic rings. The van der Waals surface area contributed by atoms with Gasteiger partial charge in [-0.1, -0.05) is 19.3 Å². The maximum absolute atomic E-state index is 6.29. The molecule has 3 aromatic heterocycles. The Morgan fingerprint density at radius 3 is 2.46 bits per heavy atom. The molecule has 4 aromatic rings. The molecular formula is C24H28ClN7O3. The number of methoxy groups -OCH3 is 3. The van der Waals surface area contributed by atoms with E-state index >= 15 is 0 Å².